The van der Waals surface area contributed by atoms with Crippen molar-refractivity contribution in [3.05, 3.63) is 145 Å². The van der Waals surface area contributed by atoms with Gasteiger partial charge in [0.2, 0.25) is 0 Å². The second-order valence-electron chi connectivity index (χ2n) is 10.5. The van der Waals surface area contributed by atoms with Crippen LogP contribution in [0.1, 0.15) is 37.1 Å². The lowest BCUT2D eigenvalue weighted by Crippen LogP contribution is -2.29. The summed E-state index contributed by atoms with van der Waals surface area (Å²) >= 11 is 10.9. The molecule has 0 heterocycles. The number of hydrogen-bond donors (Lipinski definition) is 2. The van der Waals surface area contributed by atoms with Gasteiger partial charge in [-0.05, 0) is 67.8 Å². The molecule has 0 saturated carbocycles. The van der Waals surface area contributed by atoms with E-state index >= 15 is 0 Å². The molecule has 2 N–H and O–H groups in total. The normalized spacial score (nSPS) is 10.8. The van der Waals surface area contributed by atoms with Crippen LogP contribution >= 0.6 is 47.8 Å². The molecule has 0 bridgehead atoms. The second kappa shape index (κ2) is 18.1. The van der Waals surface area contributed by atoms with Gasteiger partial charge in [0, 0.05) is 53.8 Å². The summed E-state index contributed by atoms with van der Waals surface area (Å²) in [5.74, 6) is 0. The van der Waals surface area contributed by atoms with Crippen molar-refractivity contribution in [1.82, 2.24) is 0 Å². The molecule has 0 amide bonds. The van der Waals surface area contributed by atoms with Crippen molar-refractivity contribution in [2.45, 2.75) is 14.9 Å². The van der Waals surface area contributed by atoms with Gasteiger partial charge in [-0.1, -0.05) is 178 Å². The first-order valence-electron chi connectivity index (χ1n) is 14.4. The Kier molecular flexibility index (Phi) is 14.9. The summed E-state index contributed by atoms with van der Waals surface area (Å²) in [5.41, 5.74) is 8.31. The van der Waals surface area contributed by atoms with E-state index in [4.69, 9.17) is 10.0 Å². The minimum atomic E-state index is -1.34. The molecule has 0 saturated heterocycles. The van der Waals surface area contributed by atoms with E-state index in [-0.39, 0.29) is 14.9 Å². The van der Waals surface area contributed by atoms with Gasteiger partial charge < -0.3 is 10.0 Å². The number of hydrogen-bond acceptors (Lipinski definition) is 2. The van der Waals surface area contributed by atoms with Crippen molar-refractivity contribution in [1.29, 1.82) is 0 Å². The maximum atomic E-state index is 8.58. The number of benzene rings is 6. The maximum absolute atomic E-state index is 8.58. The third-order valence-corrected chi connectivity index (χ3v) is 9.35. The van der Waals surface area contributed by atoms with Gasteiger partial charge >= 0.3 is 7.12 Å². The molecule has 0 fully saturated rings. The van der Waals surface area contributed by atoms with Crippen LogP contribution in [0.3, 0.4) is 0 Å². The van der Waals surface area contributed by atoms with Gasteiger partial charge in [0.1, 0.15) is 0 Å². The fraction of sp³-hybridized carbons (Fsp3) is 0.0526. The van der Waals surface area contributed by atoms with E-state index in [1.807, 2.05) is 6.07 Å². The third kappa shape index (κ3) is 9.16. The summed E-state index contributed by atoms with van der Waals surface area (Å²) in [5, 5.41) is 22.4. The second-order valence-corrected chi connectivity index (χ2v) is 13.1. The molecule has 10 heteroatoms. The highest BCUT2D eigenvalue weighted by molar-refractivity contribution is 9.11. The Morgan fingerprint density at radius 2 is 0.792 bits per heavy atom. The molecule has 6 aromatic carbocycles. The van der Waals surface area contributed by atoms with Crippen LogP contribution < -0.4 is 5.46 Å². The van der Waals surface area contributed by atoms with Crippen molar-refractivity contribution in [2.75, 3.05) is 0 Å². The Hall–Kier alpha value is -3.00. The van der Waals surface area contributed by atoms with Crippen molar-refractivity contribution in [3.8, 4) is 11.1 Å². The van der Waals surface area contributed by atoms with E-state index in [2.05, 4.69) is 174 Å². The molecule has 232 valence electrons. The van der Waals surface area contributed by atoms with Crippen LogP contribution in [0.2, 0.25) is 0 Å². The van der Waals surface area contributed by atoms with Gasteiger partial charge in [0.15, 0.2) is 0 Å². The molecular formula is C38H32B5Br3O2. The standard InChI is InChI=1S/C18H11Br.C12H6Br2.C6H7BO2.2CH4.B4/c19-16-11-9-14-7-6-13-8-10-15(18(16)17(13)14)12-4-2-1-3-5-12;13-9-5-3-7-1-2-8-4-6-10(14)12(9)11(7)8;8-7(9)6-4-2-1-3-5-6;;;1-4(2)3/h1-11H;1-6H;1-5,8-9H;2*1H4;. The molecule has 0 unspecified atom stereocenters. The molecule has 6 radical (unpaired) electrons. The Bertz CT molecular complexity index is 1990. The van der Waals surface area contributed by atoms with E-state index < -0.39 is 13.5 Å². The van der Waals surface area contributed by atoms with Crippen molar-refractivity contribution >= 4 is 136 Å². The summed E-state index contributed by atoms with van der Waals surface area (Å²) in [6, 6.07) is 36.5. The summed E-state index contributed by atoms with van der Waals surface area (Å²) in [6.07, 6.45) is 8.05. The minimum Gasteiger partial charge on any atom is -0.423 e. The van der Waals surface area contributed by atoms with Gasteiger partial charge in [-0.3, -0.25) is 0 Å². The van der Waals surface area contributed by atoms with E-state index in [0.29, 0.717) is 5.46 Å². The predicted molar refractivity (Wildman–Crippen MR) is 227 cm³/mol. The van der Waals surface area contributed by atoms with Gasteiger partial charge in [0.25, 0.3) is 0 Å². The zero-order chi connectivity index (χ0) is 32.8. The quantitative estimate of drug-likeness (QED) is 0.171. The molecule has 6 aromatic rings. The lowest BCUT2D eigenvalue weighted by atomic mass is 9.08. The fourth-order valence-electron chi connectivity index (χ4n) is 5.37. The van der Waals surface area contributed by atoms with Crippen LogP contribution in [0.4, 0.5) is 0 Å². The summed E-state index contributed by atoms with van der Waals surface area (Å²) in [6.45, 7) is 0. The highest BCUT2D eigenvalue weighted by Crippen LogP contribution is 2.41. The van der Waals surface area contributed by atoms with Gasteiger partial charge in [-0.2, -0.15) is 0 Å². The molecule has 0 aromatic heterocycles. The van der Waals surface area contributed by atoms with Crippen LogP contribution in [0.15, 0.2) is 123 Å². The van der Waals surface area contributed by atoms with Crippen LogP contribution in [-0.4, -0.2) is 46.8 Å². The van der Waals surface area contributed by atoms with E-state index in [9.17, 15) is 0 Å². The zero-order valence-corrected chi connectivity index (χ0v) is 29.4. The van der Waals surface area contributed by atoms with Gasteiger partial charge in [0.05, 0.1) is 0 Å². The van der Waals surface area contributed by atoms with E-state index in [1.54, 1.807) is 24.3 Å². The molecule has 0 atom stereocenters. The number of halogens is 3. The first-order chi connectivity index (χ1) is 22.2. The third-order valence-electron chi connectivity index (χ3n) is 7.37. The summed E-state index contributed by atoms with van der Waals surface area (Å²) in [7, 11) is 12.7. The maximum Gasteiger partial charge on any atom is 0.488 e. The average Bonchev–Trinajstić information content (AvgIpc) is 3.68. The Balaban J connectivity index is 0.000000191. The van der Waals surface area contributed by atoms with Crippen molar-refractivity contribution in [2.24, 2.45) is 0 Å². The first kappa shape index (κ1) is 39.4. The Labute approximate surface area is 314 Å². The van der Waals surface area contributed by atoms with Crippen molar-refractivity contribution < 1.29 is 10.0 Å². The fourth-order valence-corrected chi connectivity index (χ4v) is 7.27. The molecule has 0 aliphatic heterocycles. The summed E-state index contributed by atoms with van der Waals surface area (Å²) < 4.78 is 3.46. The highest BCUT2D eigenvalue weighted by atomic mass is 79.9. The number of rotatable bonds is 2. The van der Waals surface area contributed by atoms with Crippen LogP contribution in [0.25, 0.3) is 57.0 Å². The topological polar surface area (TPSA) is 40.5 Å². The van der Waals surface area contributed by atoms with Gasteiger partial charge in [-0.15, -0.1) is 0 Å². The molecule has 0 spiro atoms. The molecule has 2 aliphatic rings. The lowest BCUT2D eigenvalue weighted by Gasteiger charge is -2.11. The van der Waals surface area contributed by atoms with Crippen LogP contribution in [0.5, 0.6) is 0 Å². The summed E-state index contributed by atoms with van der Waals surface area (Å²) in [4.78, 5) is 0. The molecule has 48 heavy (non-hydrogen) atoms. The smallest absolute Gasteiger partial charge is 0.423 e. The highest BCUT2D eigenvalue weighted by Gasteiger charge is 2.15. The monoisotopic (exact) mass is 812 g/mol. The largest absolute Gasteiger partial charge is 0.488 e. The van der Waals surface area contributed by atoms with Crippen LogP contribution in [-0.2, 0) is 0 Å². The lowest BCUT2D eigenvalue weighted by molar-refractivity contribution is 0.426. The molecular weight excluding hydrogens is 782 g/mol. The van der Waals surface area contributed by atoms with Crippen LogP contribution in [0, 0.1) is 0 Å². The Morgan fingerprint density at radius 1 is 0.438 bits per heavy atom. The van der Waals surface area contributed by atoms with E-state index in [0.717, 1.165) is 13.4 Å². The molecule has 2 nitrogen and oxygen atoms in total. The van der Waals surface area contributed by atoms with Crippen molar-refractivity contribution in [3.63, 3.8) is 0 Å². The SMILES string of the molecule is Brc1ccc2c3c(ccc(-c4ccccc4)c13)C=C2.Brc1ccc2c3c(ccc(Br)c13)C=C2.C.C.OB(O)c1ccccc1.[B]B([B])[B]. The Morgan fingerprint density at radius 3 is 1.19 bits per heavy atom. The average molecular weight is 814 g/mol. The first-order valence-corrected chi connectivity index (χ1v) is 16.8. The van der Waals surface area contributed by atoms with E-state index in [1.165, 1.54) is 54.9 Å². The molecule has 8 rings (SSSR count). The van der Waals surface area contributed by atoms with Gasteiger partial charge in [-0.25, -0.2) is 0 Å². The minimum absolute atomic E-state index is 0. The zero-order valence-electron chi connectivity index (χ0n) is 24.6. The predicted octanol–water partition coefficient (Wildman–Crippen LogP) is 9.72. The molecule has 2 aliphatic carbocycles.